The minimum absolute atomic E-state index is 0.147. The smallest absolute Gasteiger partial charge is 0.208 e. The number of benzene rings is 3. The molecule has 0 unspecified atom stereocenters. The Morgan fingerprint density at radius 2 is 1.79 bits per heavy atom. The van der Waals surface area contributed by atoms with E-state index in [2.05, 4.69) is 22.4 Å². The maximum atomic E-state index is 13.5. The van der Waals surface area contributed by atoms with Crippen molar-refractivity contribution in [1.82, 2.24) is 0 Å². The van der Waals surface area contributed by atoms with Crippen LogP contribution < -0.4 is 16.8 Å². The van der Waals surface area contributed by atoms with Crippen LogP contribution >= 0.6 is 23.1 Å². The molecule has 0 spiro atoms. The monoisotopic (exact) mass is 563 g/mol. The van der Waals surface area contributed by atoms with E-state index in [1.807, 2.05) is 55.6 Å². The first-order valence-corrected chi connectivity index (χ1v) is 15.3. The van der Waals surface area contributed by atoms with Crippen molar-refractivity contribution < 1.29 is 8.42 Å². The summed E-state index contributed by atoms with van der Waals surface area (Å²) in [6.07, 6.45) is 2.62. The summed E-state index contributed by atoms with van der Waals surface area (Å²) >= 11 is 2.54. The molecule has 0 aliphatic carbocycles. The number of amidine groups is 1. The van der Waals surface area contributed by atoms with Gasteiger partial charge in [-0.15, -0.1) is 23.1 Å². The third kappa shape index (κ3) is 6.27. The first kappa shape index (κ1) is 27.4. The maximum absolute atomic E-state index is 13.5. The lowest BCUT2D eigenvalue weighted by Crippen LogP contribution is -2.23. The molecule has 0 saturated heterocycles. The Morgan fingerprint density at radius 3 is 2.47 bits per heavy atom. The molecule has 10 heteroatoms. The van der Waals surface area contributed by atoms with Crippen LogP contribution in [0.3, 0.4) is 0 Å². The van der Waals surface area contributed by atoms with Crippen LogP contribution in [0.5, 0.6) is 0 Å². The molecule has 38 heavy (non-hydrogen) atoms. The molecule has 4 rings (SSSR count). The third-order valence-electron chi connectivity index (χ3n) is 5.89. The summed E-state index contributed by atoms with van der Waals surface area (Å²) in [6, 6.07) is 24.3. The molecule has 0 atom stereocenters. The van der Waals surface area contributed by atoms with Crippen LogP contribution in [-0.2, 0) is 16.3 Å². The van der Waals surface area contributed by atoms with E-state index in [1.165, 1.54) is 34.7 Å². The Hall–Kier alpha value is -3.60. The Balaban J connectivity index is 1.53. The summed E-state index contributed by atoms with van der Waals surface area (Å²) in [4.78, 5) is 5.22. The molecule has 1 aromatic heterocycles. The Bertz CT molecular complexity index is 1600. The van der Waals surface area contributed by atoms with Gasteiger partial charge in [0.15, 0.2) is 5.96 Å². The molecule has 0 aliphatic heterocycles. The number of rotatable bonds is 9. The third-order valence-corrected chi connectivity index (χ3v) is 10.2. The first-order valence-electron chi connectivity index (χ1n) is 11.8. The summed E-state index contributed by atoms with van der Waals surface area (Å²) in [5.74, 6) is 0.193. The highest BCUT2D eigenvalue weighted by Crippen LogP contribution is 2.38. The maximum Gasteiger partial charge on any atom is 0.208 e. The highest BCUT2D eigenvalue weighted by molar-refractivity contribution is 8.01. The molecule has 0 aliphatic rings. The summed E-state index contributed by atoms with van der Waals surface area (Å²) < 4.78 is 27.6. The van der Waals surface area contributed by atoms with Gasteiger partial charge in [-0.1, -0.05) is 48.5 Å². The van der Waals surface area contributed by atoms with E-state index in [-0.39, 0.29) is 15.6 Å². The van der Waals surface area contributed by atoms with Crippen molar-refractivity contribution in [2.45, 2.75) is 27.3 Å². The van der Waals surface area contributed by atoms with Crippen molar-refractivity contribution in [2.24, 2.45) is 16.5 Å². The van der Waals surface area contributed by atoms with Gasteiger partial charge >= 0.3 is 0 Å². The van der Waals surface area contributed by atoms with Crippen LogP contribution in [0.25, 0.3) is 11.1 Å². The zero-order chi connectivity index (χ0) is 27.3. The molecule has 0 radical (unpaired) electrons. The summed E-state index contributed by atoms with van der Waals surface area (Å²) in [5, 5.41) is 10.8. The van der Waals surface area contributed by atoms with E-state index in [0.29, 0.717) is 21.6 Å². The van der Waals surface area contributed by atoms with Crippen molar-refractivity contribution in [1.29, 1.82) is 5.41 Å². The number of sulfone groups is 1. The first-order chi connectivity index (χ1) is 18.2. The second-order valence-corrected chi connectivity index (χ2v) is 12.6. The molecule has 0 bridgehead atoms. The molecule has 0 fully saturated rings. The molecule has 196 valence electrons. The number of anilines is 1. The quantitative estimate of drug-likeness (QED) is 0.120. The molecule has 4 aromatic rings. The lowest BCUT2D eigenvalue weighted by Gasteiger charge is -2.12. The number of nitrogens with two attached hydrogens (primary N) is 2. The van der Waals surface area contributed by atoms with Gasteiger partial charge in [0.1, 0.15) is 5.84 Å². The van der Waals surface area contributed by atoms with E-state index < -0.39 is 9.84 Å². The number of nitrogens with one attached hydrogen (secondary N) is 2. The van der Waals surface area contributed by atoms with Crippen molar-refractivity contribution in [3.05, 3.63) is 94.9 Å². The summed E-state index contributed by atoms with van der Waals surface area (Å²) in [6.45, 7) is 2.55. The second-order valence-electron chi connectivity index (χ2n) is 8.57. The van der Waals surface area contributed by atoms with Crippen molar-refractivity contribution in [3.8, 4) is 11.1 Å². The number of nitrogen functional groups attached to an aromatic ring is 1. The number of thiophene rings is 1. The molecule has 0 amide bonds. The lowest BCUT2D eigenvalue weighted by molar-refractivity contribution is 0.595. The van der Waals surface area contributed by atoms with Crippen LogP contribution in [0, 0.1) is 12.3 Å². The van der Waals surface area contributed by atoms with E-state index in [0.717, 1.165) is 28.8 Å². The number of aliphatic imine (C=N–C) groups is 1. The second kappa shape index (κ2) is 11.8. The van der Waals surface area contributed by atoms with Crippen LogP contribution in [0.4, 0.5) is 5.69 Å². The van der Waals surface area contributed by atoms with E-state index in [1.54, 1.807) is 18.2 Å². The van der Waals surface area contributed by atoms with E-state index in [9.17, 15) is 8.42 Å². The number of hydrogen-bond donors (Lipinski definition) is 4. The van der Waals surface area contributed by atoms with Gasteiger partial charge in [-0.05, 0) is 72.2 Å². The fourth-order valence-corrected chi connectivity index (χ4v) is 7.88. The number of thioether (sulfide) groups is 1. The number of guanidine groups is 1. The van der Waals surface area contributed by atoms with E-state index in [4.69, 9.17) is 16.9 Å². The molecular weight excluding hydrogens is 535 g/mol. The predicted octanol–water partition coefficient (Wildman–Crippen LogP) is 5.53. The zero-order valence-electron chi connectivity index (χ0n) is 21.1. The normalized spacial score (nSPS) is 11.9. The van der Waals surface area contributed by atoms with Gasteiger partial charge in [0.2, 0.25) is 9.84 Å². The number of nitrogens with zero attached hydrogens (tertiary/aromatic N) is 1. The van der Waals surface area contributed by atoms with Gasteiger partial charge in [-0.25, -0.2) is 8.42 Å². The highest BCUT2D eigenvalue weighted by Gasteiger charge is 2.25. The Labute approximate surface area is 231 Å². The molecule has 3 aromatic carbocycles. The standard InChI is InChI=1S/C28H29N5O2S3/c1-18-15-21(33-28(31)32-14-13-19-7-4-3-5-8-19)11-12-23(18)20-9-6-10-22(16-20)38(34,35)25-17-24(26(29)30)37-27(25)36-2/h3-12,15-17H,13-14H2,1-2H3,(H3,29,30)(H3,31,32,33). The minimum Gasteiger partial charge on any atom is -0.383 e. The number of hydrogen-bond acceptors (Lipinski definition) is 6. The lowest BCUT2D eigenvalue weighted by atomic mass is 10.00. The average molecular weight is 564 g/mol. The highest BCUT2D eigenvalue weighted by atomic mass is 32.2. The zero-order valence-corrected chi connectivity index (χ0v) is 23.5. The van der Waals surface area contributed by atoms with Gasteiger partial charge in [0.05, 0.1) is 18.9 Å². The van der Waals surface area contributed by atoms with Crippen molar-refractivity contribution >= 4 is 50.4 Å². The average Bonchev–Trinajstić information content (AvgIpc) is 3.36. The SMILES string of the molecule is CSc1sc(C(=N)N)cc1S(=O)(=O)c1cccc(-c2ccc(NC(N)=NCCc3ccccc3)cc2C)c1. The molecule has 7 nitrogen and oxygen atoms in total. The predicted molar refractivity (Wildman–Crippen MR) is 159 cm³/mol. The Morgan fingerprint density at radius 1 is 1.03 bits per heavy atom. The van der Waals surface area contributed by atoms with Crippen LogP contribution in [0.1, 0.15) is 16.0 Å². The van der Waals surface area contributed by atoms with Gasteiger partial charge in [0.25, 0.3) is 0 Å². The summed E-state index contributed by atoms with van der Waals surface area (Å²) in [7, 11) is -3.80. The van der Waals surface area contributed by atoms with E-state index >= 15 is 0 Å². The van der Waals surface area contributed by atoms with Gasteiger partial charge < -0.3 is 16.8 Å². The van der Waals surface area contributed by atoms with Crippen molar-refractivity contribution in [2.75, 3.05) is 18.1 Å². The molecule has 6 N–H and O–H groups in total. The fraction of sp³-hybridized carbons (Fsp3) is 0.143. The number of aryl methyl sites for hydroxylation is 1. The van der Waals surface area contributed by atoms with Crippen LogP contribution in [-0.4, -0.2) is 33.0 Å². The van der Waals surface area contributed by atoms with Gasteiger partial charge in [-0.2, -0.15) is 0 Å². The largest absolute Gasteiger partial charge is 0.383 e. The fourth-order valence-electron chi connectivity index (χ4n) is 3.98. The summed E-state index contributed by atoms with van der Waals surface area (Å²) in [5.41, 5.74) is 16.4. The van der Waals surface area contributed by atoms with Gasteiger partial charge in [-0.3, -0.25) is 10.4 Å². The van der Waals surface area contributed by atoms with Crippen LogP contribution in [0.2, 0.25) is 0 Å². The van der Waals surface area contributed by atoms with Crippen molar-refractivity contribution in [3.63, 3.8) is 0 Å². The molecule has 1 heterocycles. The topological polar surface area (TPSA) is 134 Å². The minimum atomic E-state index is -3.80. The Kier molecular flexibility index (Phi) is 8.55. The van der Waals surface area contributed by atoms with Crippen LogP contribution in [0.15, 0.2) is 97.9 Å². The van der Waals surface area contributed by atoms with Gasteiger partial charge in [0, 0.05) is 12.2 Å². The molecular formula is C28H29N5O2S3. The molecule has 0 saturated carbocycles.